The van der Waals surface area contributed by atoms with Gasteiger partial charge in [-0.15, -0.1) is 0 Å². The average Bonchev–Trinajstić information content (AvgIpc) is 2.70. The molecule has 0 fully saturated rings. The summed E-state index contributed by atoms with van der Waals surface area (Å²) in [6.45, 7) is 4.32. The van der Waals surface area contributed by atoms with Crippen molar-refractivity contribution >= 4 is 16.7 Å². The molecule has 27 heavy (non-hydrogen) atoms. The molecule has 140 valence electrons. The maximum Gasteiger partial charge on any atom is 0.258 e. The van der Waals surface area contributed by atoms with E-state index in [9.17, 15) is 9.90 Å². The zero-order valence-corrected chi connectivity index (χ0v) is 15.7. The normalized spacial score (nSPS) is 12.1. The Morgan fingerprint density at radius 2 is 1.70 bits per heavy atom. The first-order chi connectivity index (χ1) is 13.0. The second-order valence-electron chi connectivity index (χ2n) is 6.90. The fraction of sp³-hybridized carbons (Fsp3) is 0.261. The number of ether oxygens (including phenoxy) is 1. The Labute approximate surface area is 159 Å². The van der Waals surface area contributed by atoms with Crippen LogP contribution in [0.2, 0.25) is 0 Å². The molecule has 0 spiro atoms. The van der Waals surface area contributed by atoms with E-state index >= 15 is 0 Å². The molecule has 3 rings (SSSR count). The third kappa shape index (κ3) is 4.86. The van der Waals surface area contributed by atoms with E-state index in [4.69, 9.17) is 4.74 Å². The average molecular weight is 363 g/mol. The zero-order valence-electron chi connectivity index (χ0n) is 15.7. The van der Waals surface area contributed by atoms with Crippen molar-refractivity contribution in [2.24, 2.45) is 0 Å². The van der Waals surface area contributed by atoms with Crippen LogP contribution in [0.1, 0.15) is 37.0 Å². The fourth-order valence-corrected chi connectivity index (χ4v) is 3.01. The van der Waals surface area contributed by atoms with E-state index in [2.05, 4.69) is 19.2 Å². The van der Waals surface area contributed by atoms with E-state index in [-0.39, 0.29) is 19.1 Å². The number of benzene rings is 3. The first-order valence-corrected chi connectivity index (χ1v) is 9.20. The van der Waals surface area contributed by atoms with Gasteiger partial charge in [-0.3, -0.25) is 4.79 Å². The number of rotatable bonds is 7. The molecule has 0 heterocycles. The molecule has 3 aromatic rings. The van der Waals surface area contributed by atoms with E-state index in [0.29, 0.717) is 11.7 Å². The van der Waals surface area contributed by atoms with Crippen LogP contribution in [0.15, 0.2) is 66.7 Å². The lowest BCUT2D eigenvalue weighted by molar-refractivity contribution is -0.123. The van der Waals surface area contributed by atoms with Gasteiger partial charge in [0.25, 0.3) is 5.91 Å². The summed E-state index contributed by atoms with van der Waals surface area (Å²) in [4.78, 5) is 12.0. The Hall–Kier alpha value is -2.85. The van der Waals surface area contributed by atoms with Gasteiger partial charge in [0.15, 0.2) is 6.61 Å². The Morgan fingerprint density at radius 3 is 2.44 bits per heavy atom. The second kappa shape index (κ2) is 8.69. The van der Waals surface area contributed by atoms with E-state index < -0.39 is 6.10 Å². The van der Waals surface area contributed by atoms with Crippen molar-refractivity contribution < 1.29 is 14.6 Å². The minimum Gasteiger partial charge on any atom is -0.484 e. The molecule has 0 bridgehead atoms. The number of carbonyl (C=O) groups excluding carboxylic acids is 1. The minimum atomic E-state index is -0.773. The number of hydrogen-bond acceptors (Lipinski definition) is 3. The SMILES string of the molecule is CC(C)c1ccc(OCC(=O)NCC(O)c2cccc3ccccc23)cc1. The van der Waals surface area contributed by atoms with Gasteiger partial charge in [-0.2, -0.15) is 0 Å². The first-order valence-electron chi connectivity index (χ1n) is 9.20. The van der Waals surface area contributed by atoms with E-state index in [1.54, 1.807) is 0 Å². The number of aliphatic hydroxyl groups is 1. The summed E-state index contributed by atoms with van der Waals surface area (Å²) in [6.07, 6.45) is -0.773. The van der Waals surface area contributed by atoms with Gasteiger partial charge in [-0.05, 0) is 39.9 Å². The lowest BCUT2D eigenvalue weighted by Crippen LogP contribution is -2.32. The van der Waals surface area contributed by atoms with Crippen LogP contribution in [-0.2, 0) is 4.79 Å². The molecule has 1 unspecified atom stereocenters. The predicted molar refractivity (Wildman–Crippen MR) is 108 cm³/mol. The Balaban J connectivity index is 1.52. The van der Waals surface area contributed by atoms with Crippen LogP contribution >= 0.6 is 0 Å². The van der Waals surface area contributed by atoms with E-state index in [1.807, 2.05) is 66.7 Å². The third-order valence-corrected chi connectivity index (χ3v) is 4.59. The molecule has 4 heteroatoms. The van der Waals surface area contributed by atoms with Gasteiger partial charge in [-0.25, -0.2) is 0 Å². The summed E-state index contributed by atoms with van der Waals surface area (Å²) in [5.74, 6) is 0.851. The summed E-state index contributed by atoms with van der Waals surface area (Å²) >= 11 is 0. The van der Waals surface area contributed by atoms with Crippen LogP contribution in [0.25, 0.3) is 10.8 Å². The highest BCUT2D eigenvalue weighted by molar-refractivity contribution is 5.86. The molecule has 0 aliphatic rings. The lowest BCUT2D eigenvalue weighted by atomic mass is 10.0. The van der Waals surface area contributed by atoms with Crippen molar-refractivity contribution in [2.75, 3.05) is 13.2 Å². The van der Waals surface area contributed by atoms with Crippen molar-refractivity contribution in [2.45, 2.75) is 25.9 Å². The lowest BCUT2D eigenvalue weighted by Gasteiger charge is -2.15. The largest absolute Gasteiger partial charge is 0.484 e. The summed E-state index contributed by atoms with van der Waals surface area (Å²) in [5, 5.41) is 15.3. The third-order valence-electron chi connectivity index (χ3n) is 4.59. The number of carbonyl (C=O) groups is 1. The van der Waals surface area contributed by atoms with Crippen LogP contribution in [0.5, 0.6) is 5.75 Å². The van der Waals surface area contributed by atoms with E-state index in [0.717, 1.165) is 16.3 Å². The van der Waals surface area contributed by atoms with Crippen molar-refractivity contribution in [3.8, 4) is 5.75 Å². The summed E-state index contributed by atoms with van der Waals surface area (Å²) in [7, 11) is 0. The van der Waals surface area contributed by atoms with Crippen molar-refractivity contribution in [3.63, 3.8) is 0 Å². The molecule has 2 N–H and O–H groups in total. The minimum absolute atomic E-state index is 0.0801. The molecular formula is C23H25NO3. The smallest absolute Gasteiger partial charge is 0.258 e. The van der Waals surface area contributed by atoms with Crippen molar-refractivity contribution in [1.29, 1.82) is 0 Å². The van der Waals surface area contributed by atoms with Gasteiger partial charge in [0, 0.05) is 6.54 Å². The second-order valence-corrected chi connectivity index (χ2v) is 6.90. The maximum atomic E-state index is 12.0. The Kier molecular flexibility index (Phi) is 6.09. The molecule has 0 saturated carbocycles. The monoisotopic (exact) mass is 363 g/mol. The number of hydrogen-bond donors (Lipinski definition) is 2. The zero-order chi connectivity index (χ0) is 19.2. The fourth-order valence-electron chi connectivity index (χ4n) is 3.01. The summed E-state index contributed by atoms with van der Waals surface area (Å²) in [5.41, 5.74) is 2.03. The van der Waals surface area contributed by atoms with Crippen LogP contribution < -0.4 is 10.1 Å². The van der Waals surface area contributed by atoms with Crippen LogP contribution in [-0.4, -0.2) is 24.2 Å². The number of aliphatic hydroxyl groups excluding tert-OH is 1. The van der Waals surface area contributed by atoms with Gasteiger partial charge in [0.1, 0.15) is 5.75 Å². The Bertz CT molecular complexity index is 898. The molecule has 4 nitrogen and oxygen atoms in total. The highest BCUT2D eigenvalue weighted by Crippen LogP contribution is 2.24. The van der Waals surface area contributed by atoms with Crippen molar-refractivity contribution in [3.05, 3.63) is 77.9 Å². The standard InChI is InChI=1S/C23H25NO3/c1-16(2)17-10-12-19(13-11-17)27-15-23(26)24-14-22(25)21-9-5-7-18-6-3-4-8-20(18)21/h3-13,16,22,25H,14-15H2,1-2H3,(H,24,26). The molecule has 0 aliphatic heterocycles. The molecule has 0 aromatic heterocycles. The molecule has 0 saturated heterocycles. The number of amides is 1. The molecule has 1 atom stereocenters. The molecular weight excluding hydrogens is 338 g/mol. The maximum absolute atomic E-state index is 12.0. The highest BCUT2D eigenvalue weighted by atomic mass is 16.5. The molecule has 0 radical (unpaired) electrons. The summed E-state index contributed by atoms with van der Waals surface area (Å²) < 4.78 is 5.52. The highest BCUT2D eigenvalue weighted by Gasteiger charge is 2.12. The first kappa shape index (κ1) is 18.9. The quantitative estimate of drug-likeness (QED) is 0.662. The molecule has 0 aliphatic carbocycles. The van der Waals surface area contributed by atoms with Crippen LogP contribution in [0.4, 0.5) is 0 Å². The molecule has 3 aromatic carbocycles. The van der Waals surface area contributed by atoms with Gasteiger partial charge in [-0.1, -0.05) is 68.4 Å². The van der Waals surface area contributed by atoms with Gasteiger partial charge < -0.3 is 15.2 Å². The Morgan fingerprint density at radius 1 is 1.00 bits per heavy atom. The van der Waals surface area contributed by atoms with E-state index in [1.165, 1.54) is 5.56 Å². The molecule has 1 amide bonds. The van der Waals surface area contributed by atoms with Gasteiger partial charge in [0.2, 0.25) is 0 Å². The summed E-state index contributed by atoms with van der Waals surface area (Å²) in [6, 6.07) is 21.4. The van der Waals surface area contributed by atoms with Crippen LogP contribution in [0, 0.1) is 0 Å². The predicted octanol–water partition coefficient (Wildman–Crippen LogP) is 4.19. The van der Waals surface area contributed by atoms with Crippen LogP contribution in [0.3, 0.4) is 0 Å². The number of fused-ring (bicyclic) bond motifs is 1. The van der Waals surface area contributed by atoms with Crippen molar-refractivity contribution in [1.82, 2.24) is 5.32 Å². The van der Waals surface area contributed by atoms with Gasteiger partial charge >= 0.3 is 0 Å². The topological polar surface area (TPSA) is 58.6 Å². The van der Waals surface area contributed by atoms with Gasteiger partial charge in [0.05, 0.1) is 6.10 Å². The number of nitrogens with one attached hydrogen (secondary N) is 1.